The van der Waals surface area contributed by atoms with Crippen LogP contribution in [-0.2, 0) is 23.2 Å². The number of hydrogen-bond donors (Lipinski definition) is 1. The second kappa shape index (κ2) is 6.51. The van der Waals surface area contributed by atoms with Gasteiger partial charge < -0.3 is 10.0 Å². The summed E-state index contributed by atoms with van der Waals surface area (Å²) < 4.78 is 3.20. The Kier molecular flexibility index (Phi) is 4.42. The molecule has 0 spiro atoms. The van der Waals surface area contributed by atoms with Crippen LogP contribution in [0, 0.1) is 5.92 Å². The number of piperidine rings is 1. The largest absolute Gasteiger partial charge is 0.481 e. The van der Waals surface area contributed by atoms with Crippen LogP contribution in [0.1, 0.15) is 19.3 Å². The fourth-order valence-corrected chi connectivity index (χ4v) is 3.32. The highest BCUT2D eigenvalue weighted by Crippen LogP contribution is 2.18. The van der Waals surface area contributed by atoms with Gasteiger partial charge in [0.15, 0.2) is 0 Å². The zero-order valence-electron chi connectivity index (χ0n) is 13.6. The number of aromatic nitrogens is 2. The van der Waals surface area contributed by atoms with Crippen molar-refractivity contribution in [2.45, 2.75) is 25.8 Å². The minimum Gasteiger partial charge on any atom is -0.481 e. The molecule has 1 amide bonds. The van der Waals surface area contributed by atoms with Gasteiger partial charge in [-0.1, -0.05) is 12.1 Å². The molecule has 7 nitrogen and oxygen atoms in total. The van der Waals surface area contributed by atoms with Crippen molar-refractivity contribution < 1.29 is 14.7 Å². The molecule has 0 unspecified atom stereocenters. The number of amides is 1. The number of imidazole rings is 1. The molecular weight excluding hydrogens is 310 g/mol. The first-order chi connectivity index (χ1) is 11.5. The van der Waals surface area contributed by atoms with E-state index in [1.54, 1.807) is 21.1 Å². The highest BCUT2D eigenvalue weighted by molar-refractivity contribution is 5.78. The highest BCUT2D eigenvalue weighted by atomic mass is 16.4. The van der Waals surface area contributed by atoms with Crippen LogP contribution in [0.5, 0.6) is 0 Å². The Bertz CT molecular complexity index is 828. The molecule has 0 atom stereocenters. The van der Waals surface area contributed by atoms with Crippen LogP contribution in [0.25, 0.3) is 11.0 Å². The summed E-state index contributed by atoms with van der Waals surface area (Å²) in [7, 11) is 1.72. The molecule has 128 valence electrons. The van der Waals surface area contributed by atoms with Gasteiger partial charge in [0.25, 0.3) is 0 Å². The maximum atomic E-state index is 12.4. The number of carboxylic acid groups (broad SMARTS) is 1. The fraction of sp³-hybridized carbons (Fsp3) is 0.471. The summed E-state index contributed by atoms with van der Waals surface area (Å²) in [6.45, 7) is 1.28. The lowest BCUT2D eigenvalue weighted by atomic mass is 9.97. The standard InChI is InChI=1S/C17H21N3O4/c1-18-13-4-2-3-5-14(13)20(17(18)24)11-8-15(21)19-9-6-12(7-10-19)16(22)23/h2-5,12H,6-11H2,1H3,(H,22,23). The van der Waals surface area contributed by atoms with Gasteiger partial charge in [0.2, 0.25) is 5.91 Å². The number of rotatable bonds is 4. The number of carboxylic acids is 1. The van der Waals surface area contributed by atoms with Gasteiger partial charge in [-0.15, -0.1) is 0 Å². The van der Waals surface area contributed by atoms with Crippen LogP contribution in [0.3, 0.4) is 0 Å². The first-order valence-corrected chi connectivity index (χ1v) is 8.14. The summed E-state index contributed by atoms with van der Waals surface area (Å²) in [6, 6.07) is 7.51. The average Bonchev–Trinajstić information content (AvgIpc) is 2.84. The van der Waals surface area contributed by atoms with E-state index in [-0.39, 0.29) is 23.9 Å². The Labute approximate surface area is 139 Å². The molecule has 2 heterocycles. The Morgan fingerprint density at radius 2 is 1.79 bits per heavy atom. The minimum atomic E-state index is -0.788. The predicted octanol–water partition coefficient (Wildman–Crippen LogP) is 1.05. The van der Waals surface area contributed by atoms with E-state index >= 15 is 0 Å². The molecular formula is C17H21N3O4. The van der Waals surface area contributed by atoms with Crippen LogP contribution < -0.4 is 5.69 Å². The summed E-state index contributed by atoms with van der Waals surface area (Å²) >= 11 is 0. The topological polar surface area (TPSA) is 84.5 Å². The van der Waals surface area contributed by atoms with Gasteiger partial charge >= 0.3 is 11.7 Å². The molecule has 0 radical (unpaired) electrons. The molecule has 1 fully saturated rings. The van der Waals surface area contributed by atoms with Crippen molar-refractivity contribution >= 4 is 22.9 Å². The molecule has 0 saturated carbocycles. The van der Waals surface area contributed by atoms with Crippen molar-refractivity contribution in [3.8, 4) is 0 Å². The zero-order chi connectivity index (χ0) is 17.3. The summed E-state index contributed by atoms with van der Waals surface area (Å²) in [6.07, 6.45) is 1.23. The predicted molar refractivity (Wildman–Crippen MR) is 88.7 cm³/mol. The fourth-order valence-electron chi connectivity index (χ4n) is 3.32. The Morgan fingerprint density at radius 1 is 1.17 bits per heavy atom. The van der Waals surface area contributed by atoms with Crippen molar-refractivity contribution in [1.82, 2.24) is 14.0 Å². The second-order valence-corrected chi connectivity index (χ2v) is 6.23. The molecule has 7 heteroatoms. The van der Waals surface area contributed by atoms with Gasteiger partial charge in [0.05, 0.1) is 17.0 Å². The van der Waals surface area contributed by atoms with Gasteiger partial charge in [0.1, 0.15) is 0 Å². The van der Waals surface area contributed by atoms with Crippen LogP contribution in [0.2, 0.25) is 0 Å². The highest BCUT2D eigenvalue weighted by Gasteiger charge is 2.26. The quantitative estimate of drug-likeness (QED) is 0.908. The Hall–Kier alpha value is -2.57. The molecule has 1 N–H and O–H groups in total. The van der Waals surface area contributed by atoms with Crippen LogP contribution >= 0.6 is 0 Å². The van der Waals surface area contributed by atoms with Crippen LogP contribution in [0.15, 0.2) is 29.1 Å². The van der Waals surface area contributed by atoms with E-state index < -0.39 is 5.97 Å². The smallest absolute Gasteiger partial charge is 0.328 e. The summed E-state index contributed by atoms with van der Waals surface area (Å²) in [4.78, 5) is 37.4. The van der Waals surface area contributed by atoms with Crippen molar-refractivity contribution in [2.75, 3.05) is 13.1 Å². The van der Waals surface area contributed by atoms with Gasteiger partial charge in [0, 0.05) is 33.1 Å². The number of nitrogens with zero attached hydrogens (tertiary/aromatic N) is 3. The molecule has 2 aromatic rings. The number of hydrogen-bond acceptors (Lipinski definition) is 3. The van der Waals surface area contributed by atoms with E-state index in [1.165, 1.54) is 0 Å². The lowest BCUT2D eigenvalue weighted by Gasteiger charge is -2.30. The maximum absolute atomic E-state index is 12.4. The van der Waals surface area contributed by atoms with E-state index in [1.807, 2.05) is 24.3 Å². The van der Waals surface area contributed by atoms with Crippen molar-refractivity contribution in [2.24, 2.45) is 13.0 Å². The third-order valence-electron chi connectivity index (χ3n) is 4.80. The summed E-state index contributed by atoms with van der Waals surface area (Å²) in [5, 5.41) is 9.00. The normalized spacial score (nSPS) is 15.8. The molecule has 1 aromatic carbocycles. The number of fused-ring (bicyclic) bond motifs is 1. The third kappa shape index (κ3) is 2.93. The molecule has 24 heavy (non-hydrogen) atoms. The van der Waals surface area contributed by atoms with E-state index in [4.69, 9.17) is 5.11 Å². The van der Waals surface area contributed by atoms with Gasteiger partial charge in [-0.3, -0.25) is 18.7 Å². The SMILES string of the molecule is Cn1c(=O)n(CCC(=O)N2CCC(C(=O)O)CC2)c2ccccc21. The molecule has 3 rings (SSSR count). The summed E-state index contributed by atoms with van der Waals surface area (Å²) in [5.74, 6) is -1.17. The molecule has 1 saturated heterocycles. The molecule has 1 aromatic heterocycles. The molecule has 0 aliphatic carbocycles. The number of carbonyl (C=O) groups excluding carboxylic acids is 1. The first-order valence-electron chi connectivity index (χ1n) is 8.14. The van der Waals surface area contributed by atoms with Gasteiger partial charge in [-0.05, 0) is 25.0 Å². The van der Waals surface area contributed by atoms with E-state index in [0.29, 0.717) is 32.5 Å². The van der Waals surface area contributed by atoms with Crippen LogP contribution in [-0.4, -0.2) is 44.1 Å². The number of benzene rings is 1. The molecule has 0 bridgehead atoms. The number of likely N-dealkylation sites (tertiary alicyclic amines) is 1. The van der Waals surface area contributed by atoms with Gasteiger partial charge in [-0.25, -0.2) is 4.79 Å². The number of para-hydroxylation sites is 2. The van der Waals surface area contributed by atoms with Crippen molar-refractivity contribution in [3.05, 3.63) is 34.7 Å². The number of aliphatic carboxylic acids is 1. The average molecular weight is 331 g/mol. The molecule has 1 aliphatic heterocycles. The lowest BCUT2D eigenvalue weighted by Crippen LogP contribution is -2.40. The zero-order valence-corrected chi connectivity index (χ0v) is 13.6. The maximum Gasteiger partial charge on any atom is 0.328 e. The van der Waals surface area contributed by atoms with E-state index in [0.717, 1.165) is 11.0 Å². The number of aryl methyl sites for hydroxylation is 2. The number of carbonyl (C=O) groups is 2. The third-order valence-corrected chi connectivity index (χ3v) is 4.80. The summed E-state index contributed by atoms with van der Waals surface area (Å²) in [5.41, 5.74) is 1.54. The van der Waals surface area contributed by atoms with Crippen molar-refractivity contribution in [1.29, 1.82) is 0 Å². The first kappa shape index (κ1) is 16.3. The van der Waals surface area contributed by atoms with Crippen LogP contribution in [0.4, 0.5) is 0 Å². The second-order valence-electron chi connectivity index (χ2n) is 6.23. The monoisotopic (exact) mass is 331 g/mol. The van der Waals surface area contributed by atoms with Gasteiger partial charge in [-0.2, -0.15) is 0 Å². The minimum absolute atomic E-state index is 0.0290. The Morgan fingerprint density at radius 3 is 2.42 bits per heavy atom. The lowest BCUT2D eigenvalue weighted by molar-refractivity contribution is -0.145. The van der Waals surface area contributed by atoms with Crippen molar-refractivity contribution in [3.63, 3.8) is 0 Å². The molecule has 1 aliphatic rings. The van der Waals surface area contributed by atoms with E-state index in [9.17, 15) is 14.4 Å². The van der Waals surface area contributed by atoms with E-state index in [2.05, 4.69) is 0 Å². The Balaban J connectivity index is 1.67.